The monoisotopic (exact) mass is 471 g/mol. The first kappa shape index (κ1) is 25.3. The molecule has 2 amide bonds. The minimum atomic E-state index is -4.02. The van der Waals surface area contributed by atoms with Gasteiger partial charge in [0.2, 0.25) is 21.8 Å². The number of rotatable bonds is 8. The molecule has 1 atom stereocenters. The first-order chi connectivity index (χ1) is 14.8. The van der Waals surface area contributed by atoms with Crippen molar-refractivity contribution in [2.24, 2.45) is 5.92 Å². The van der Waals surface area contributed by atoms with E-state index in [1.165, 1.54) is 19.2 Å². The second-order valence-corrected chi connectivity index (χ2v) is 9.34. The van der Waals surface area contributed by atoms with Crippen molar-refractivity contribution in [3.05, 3.63) is 59.4 Å². The summed E-state index contributed by atoms with van der Waals surface area (Å²) in [7, 11) is -2.75. The van der Waals surface area contributed by atoms with E-state index < -0.39 is 63.5 Å². The minimum Gasteiger partial charge on any atom is -0.335 e. The molecule has 2 aromatic carbocycles. The Morgan fingerprint density at radius 2 is 1.59 bits per heavy atom. The number of hydrogen-bond acceptors (Lipinski definition) is 4. The molecule has 2 rings (SSSR count). The summed E-state index contributed by atoms with van der Waals surface area (Å²) in [6.45, 7) is 4.48. The van der Waals surface area contributed by atoms with Crippen LogP contribution >= 0.6 is 0 Å². The number of likely N-dealkylation sites (N-methyl/N-ethyl adjacent to an activating group) is 1. The summed E-state index contributed by atoms with van der Waals surface area (Å²) in [5.41, 5.74) is 0.277. The standard InChI is InChI=1S/C21H24F3N3O4S/c1-12(2)20(26-32(30,31)14-7-5-13(3)6-8-14)21(29)27(4)11-17(28)25-16-10-9-15(22)18(23)19(16)24/h5-10,12,20,26H,11H2,1-4H3,(H,25,28)/t20-/m0/s1. The lowest BCUT2D eigenvalue weighted by Gasteiger charge is -2.26. The Labute approximate surface area is 184 Å². The van der Waals surface area contributed by atoms with Crippen molar-refractivity contribution < 1.29 is 31.2 Å². The van der Waals surface area contributed by atoms with Crippen LogP contribution in [0.1, 0.15) is 19.4 Å². The predicted molar refractivity (Wildman–Crippen MR) is 113 cm³/mol. The Balaban J connectivity index is 2.11. The molecule has 2 N–H and O–H groups in total. The molecule has 0 aliphatic carbocycles. The molecule has 0 aliphatic rings. The van der Waals surface area contributed by atoms with E-state index in [-0.39, 0.29) is 4.90 Å². The maximum Gasteiger partial charge on any atom is 0.244 e. The Morgan fingerprint density at radius 1 is 1.00 bits per heavy atom. The number of halogens is 3. The number of aryl methyl sites for hydroxylation is 1. The average molecular weight is 472 g/mol. The van der Waals surface area contributed by atoms with Crippen LogP contribution in [0.3, 0.4) is 0 Å². The van der Waals surface area contributed by atoms with Crippen molar-refractivity contribution in [1.82, 2.24) is 9.62 Å². The minimum absolute atomic E-state index is 0.0178. The highest BCUT2D eigenvalue weighted by Crippen LogP contribution is 2.20. The molecule has 0 fully saturated rings. The summed E-state index contributed by atoms with van der Waals surface area (Å²) in [6, 6.07) is 6.38. The highest BCUT2D eigenvalue weighted by Gasteiger charge is 2.31. The van der Waals surface area contributed by atoms with Crippen LogP contribution < -0.4 is 10.0 Å². The normalized spacial score (nSPS) is 12.5. The van der Waals surface area contributed by atoms with Crippen molar-refractivity contribution in [3.63, 3.8) is 0 Å². The zero-order valence-electron chi connectivity index (χ0n) is 17.9. The predicted octanol–water partition coefficient (Wildman–Crippen LogP) is 2.81. The molecule has 0 unspecified atom stereocenters. The van der Waals surface area contributed by atoms with Gasteiger partial charge in [-0.2, -0.15) is 4.72 Å². The van der Waals surface area contributed by atoms with Crippen molar-refractivity contribution in [1.29, 1.82) is 0 Å². The fourth-order valence-electron chi connectivity index (χ4n) is 2.77. The maximum absolute atomic E-state index is 13.7. The molecule has 0 heterocycles. The second kappa shape index (κ2) is 10.1. The number of benzene rings is 2. The zero-order valence-corrected chi connectivity index (χ0v) is 18.8. The smallest absolute Gasteiger partial charge is 0.244 e. The molecule has 0 spiro atoms. The number of nitrogens with one attached hydrogen (secondary N) is 2. The van der Waals surface area contributed by atoms with Gasteiger partial charge in [0.25, 0.3) is 0 Å². The van der Waals surface area contributed by atoms with E-state index in [9.17, 15) is 31.2 Å². The van der Waals surface area contributed by atoms with Crippen LogP contribution in [0.2, 0.25) is 0 Å². The molecular weight excluding hydrogens is 447 g/mol. The Bertz CT molecular complexity index is 1110. The molecule has 11 heteroatoms. The van der Waals surface area contributed by atoms with Gasteiger partial charge in [-0.15, -0.1) is 0 Å². The number of amides is 2. The van der Waals surface area contributed by atoms with Crippen LogP contribution in [0.15, 0.2) is 41.3 Å². The lowest BCUT2D eigenvalue weighted by atomic mass is 10.0. The van der Waals surface area contributed by atoms with E-state index in [4.69, 9.17) is 0 Å². The summed E-state index contributed by atoms with van der Waals surface area (Å²) >= 11 is 0. The topological polar surface area (TPSA) is 95.6 Å². The number of sulfonamides is 1. The zero-order chi connectivity index (χ0) is 24.2. The summed E-state index contributed by atoms with van der Waals surface area (Å²) in [4.78, 5) is 26.0. The molecule has 0 bridgehead atoms. The molecule has 32 heavy (non-hydrogen) atoms. The summed E-state index contributed by atoms with van der Waals surface area (Å²) < 4.78 is 67.8. The SMILES string of the molecule is Cc1ccc(S(=O)(=O)N[C@H](C(=O)N(C)CC(=O)Nc2ccc(F)c(F)c2F)C(C)C)cc1. The number of carbonyl (C=O) groups is 2. The molecule has 0 aliphatic heterocycles. The molecule has 174 valence electrons. The van der Waals surface area contributed by atoms with Crippen molar-refractivity contribution >= 4 is 27.5 Å². The quantitative estimate of drug-likeness (QED) is 0.579. The van der Waals surface area contributed by atoms with E-state index in [1.807, 2.05) is 0 Å². The number of hydrogen-bond donors (Lipinski definition) is 2. The fraction of sp³-hybridized carbons (Fsp3) is 0.333. The second-order valence-electron chi connectivity index (χ2n) is 7.62. The van der Waals surface area contributed by atoms with Gasteiger partial charge in [0, 0.05) is 7.05 Å². The van der Waals surface area contributed by atoms with Crippen LogP contribution in [-0.2, 0) is 19.6 Å². The lowest BCUT2D eigenvalue weighted by molar-refractivity contribution is -0.135. The molecule has 0 saturated carbocycles. The fourth-order valence-corrected chi connectivity index (χ4v) is 4.10. The van der Waals surface area contributed by atoms with Gasteiger partial charge < -0.3 is 10.2 Å². The van der Waals surface area contributed by atoms with E-state index in [2.05, 4.69) is 10.0 Å². The summed E-state index contributed by atoms with van der Waals surface area (Å²) in [5, 5.41) is 2.06. The van der Waals surface area contributed by atoms with Crippen LogP contribution in [0, 0.1) is 30.3 Å². The van der Waals surface area contributed by atoms with Gasteiger partial charge in [-0.05, 0) is 37.1 Å². The molecular formula is C21H24F3N3O4S. The van der Waals surface area contributed by atoms with E-state index in [1.54, 1.807) is 32.9 Å². The van der Waals surface area contributed by atoms with Gasteiger partial charge in [0.1, 0.15) is 6.04 Å². The van der Waals surface area contributed by atoms with Gasteiger partial charge in [-0.25, -0.2) is 21.6 Å². The van der Waals surface area contributed by atoms with E-state index in [0.717, 1.165) is 16.5 Å². The Kier molecular flexibility index (Phi) is 8.02. The third-order valence-corrected chi connectivity index (χ3v) is 6.07. The van der Waals surface area contributed by atoms with Crippen molar-refractivity contribution in [3.8, 4) is 0 Å². The maximum atomic E-state index is 13.7. The molecule has 7 nitrogen and oxygen atoms in total. The lowest BCUT2D eigenvalue weighted by Crippen LogP contribution is -2.51. The third kappa shape index (κ3) is 6.07. The Hall–Kier alpha value is -2.92. The van der Waals surface area contributed by atoms with Gasteiger partial charge in [-0.1, -0.05) is 31.5 Å². The largest absolute Gasteiger partial charge is 0.335 e. The molecule has 0 aromatic heterocycles. The van der Waals surface area contributed by atoms with Gasteiger partial charge >= 0.3 is 0 Å². The average Bonchev–Trinajstić information content (AvgIpc) is 2.72. The summed E-state index contributed by atoms with van der Waals surface area (Å²) in [5.74, 6) is -6.76. The Morgan fingerprint density at radius 3 is 2.16 bits per heavy atom. The molecule has 2 aromatic rings. The highest BCUT2D eigenvalue weighted by atomic mass is 32.2. The van der Waals surface area contributed by atoms with Crippen LogP contribution in [0.5, 0.6) is 0 Å². The number of anilines is 1. The number of carbonyl (C=O) groups excluding carboxylic acids is 2. The van der Waals surface area contributed by atoms with E-state index >= 15 is 0 Å². The highest BCUT2D eigenvalue weighted by molar-refractivity contribution is 7.89. The van der Waals surface area contributed by atoms with Crippen LogP contribution in [0.4, 0.5) is 18.9 Å². The van der Waals surface area contributed by atoms with Gasteiger partial charge in [0.15, 0.2) is 17.5 Å². The van der Waals surface area contributed by atoms with Crippen molar-refractivity contribution in [2.45, 2.75) is 31.7 Å². The third-order valence-electron chi connectivity index (χ3n) is 4.61. The summed E-state index contributed by atoms with van der Waals surface area (Å²) in [6.07, 6.45) is 0. The van der Waals surface area contributed by atoms with Gasteiger partial charge in [0.05, 0.1) is 17.1 Å². The first-order valence-corrected chi connectivity index (χ1v) is 11.1. The molecule has 0 saturated heterocycles. The van der Waals surface area contributed by atoms with Crippen LogP contribution in [-0.4, -0.2) is 44.8 Å². The first-order valence-electron chi connectivity index (χ1n) is 9.60. The van der Waals surface area contributed by atoms with Crippen molar-refractivity contribution in [2.75, 3.05) is 18.9 Å². The number of nitrogens with zero attached hydrogens (tertiary/aromatic N) is 1. The van der Waals surface area contributed by atoms with E-state index in [0.29, 0.717) is 6.07 Å². The van der Waals surface area contributed by atoms with Crippen LogP contribution in [0.25, 0.3) is 0 Å². The van der Waals surface area contributed by atoms with Gasteiger partial charge in [-0.3, -0.25) is 9.59 Å². The molecule has 0 radical (unpaired) electrons.